The quantitative estimate of drug-likeness (QED) is 0.846. The van der Waals surface area contributed by atoms with E-state index in [1.165, 1.54) is 0 Å². The van der Waals surface area contributed by atoms with Crippen LogP contribution in [0.15, 0.2) is 30.3 Å². The van der Waals surface area contributed by atoms with Gasteiger partial charge in [0.05, 0.1) is 0 Å². The number of hydrogen-bond donors (Lipinski definition) is 2. The number of benzene rings is 2. The molecule has 0 saturated carbocycles. The molecule has 19 heavy (non-hydrogen) atoms. The Morgan fingerprint density at radius 1 is 0.842 bits per heavy atom. The van der Waals surface area contributed by atoms with Crippen molar-refractivity contribution in [1.29, 1.82) is 0 Å². The molecule has 100 valence electrons. The van der Waals surface area contributed by atoms with Gasteiger partial charge in [-0.2, -0.15) is 0 Å². The Kier molecular flexibility index (Phi) is 3.52. The van der Waals surface area contributed by atoms with Gasteiger partial charge in [-0.15, -0.1) is 0 Å². The lowest BCUT2D eigenvalue weighted by Gasteiger charge is -2.21. The van der Waals surface area contributed by atoms with E-state index in [0.29, 0.717) is 11.5 Å². The van der Waals surface area contributed by atoms with Crippen LogP contribution in [0.5, 0.6) is 11.5 Å². The van der Waals surface area contributed by atoms with Crippen molar-refractivity contribution in [2.75, 3.05) is 0 Å². The maximum absolute atomic E-state index is 9.89. The molecule has 0 bridgehead atoms. The third-order valence-corrected chi connectivity index (χ3v) is 3.95. The summed E-state index contributed by atoms with van der Waals surface area (Å²) in [7, 11) is 0. The highest BCUT2D eigenvalue weighted by molar-refractivity contribution is 5.51. The Hall–Kier alpha value is -1.96. The average Bonchev–Trinajstić information content (AvgIpc) is 2.37. The van der Waals surface area contributed by atoms with Crippen molar-refractivity contribution in [3.8, 4) is 11.5 Å². The standard InChI is InChI=1S/C17H20O2/c1-10-8-9-16(19)13(4)17(10)12(3)14-6-5-7-15(18)11(14)2/h5-9,12,18-19H,1-4H3. The van der Waals surface area contributed by atoms with Gasteiger partial charge < -0.3 is 10.2 Å². The Bertz CT molecular complexity index is 615. The summed E-state index contributed by atoms with van der Waals surface area (Å²) in [6.45, 7) is 8.02. The van der Waals surface area contributed by atoms with Crippen molar-refractivity contribution in [3.05, 3.63) is 58.1 Å². The minimum Gasteiger partial charge on any atom is -0.508 e. The van der Waals surface area contributed by atoms with E-state index in [2.05, 4.69) is 13.8 Å². The molecular formula is C17H20O2. The van der Waals surface area contributed by atoms with Crippen molar-refractivity contribution in [2.45, 2.75) is 33.6 Å². The van der Waals surface area contributed by atoms with E-state index < -0.39 is 0 Å². The van der Waals surface area contributed by atoms with Crippen LogP contribution < -0.4 is 0 Å². The lowest BCUT2D eigenvalue weighted by molar-refractivity contribution is 0.468. The van der Waals surface area contributed by atoms with Crippen molar-refractivity contribution < 1.29 is 10.2 Å². The highest BCUT2D eigenvalue weighted by Gasteiger charge is 2.18. The van der Waals surface area contributed by atoms with Gasteiger partial charge in [0.1, 0.15) is 11.5 Å². The van der Waals surface area contributed by atoms with Gasteiger partial charge in [0, 0.05) is 5.92 Å². The minimum atomic E-state index is 0.138. The Morgan fingerprint density at radius 3 is 2.16 bits per heavy atom. The van der Waals surface area contributed by atoms with Crippen LogP contribution in [0.3, 0.4) is 0 Å². The first-order valence-corrected chi connectivity index (χ1v) is 6.51. The second kappa shape index (κ2) is 4.96. The van der Waals surface area contributed by atoms with Crippen LogP contribution in [-0.2, 0) is 0 Å². The molecule has 2 nitrogen and oxygen atoms in total. The lowest BCUT2D eigenvalue weighted by atomic mass is 9.84. The highest BCUT2D eigenvalue weighted by Crippen LogP contribution is 2.36. The summed E-state index contributed by atoms with van der Waals surface area (Å²) in [5, 5.41) is 19.7. The first-order chi connectivity index (χ1) is 8.93. The largest absolute Gasteiger partial charge is 0.508 e. The number of phenolic OH excluding ortho intramolecular Hbond substituents is 2. The van der Waals surface area contributed by atoms with Crippen LogP contribution in [0.2, 0.25) is 0 Å². The lowest BCUT2D eigenvalue weighted by Crippen LogP contribution is -2.04. The zero-order valence-corrected chi connectivity index (χ0v) is 11.9. The van der Waals surface area contributed by atoms with Crippen LogP contribution in [0.4, 0.5) is 0 Å². The van der Waals surface area contributed by atoms with Crippen molar-refractivity contribution in [2.24, 2.45) is 0 Å². The molecule has 1 atom stereocenters. The van der Waals surface area contributed by atoms with Crippen LogP contribution in [0.1, 0.15) is 40.7 Å². The van der Waals surface area contributed by atoms with Crippen molar-refractivity contribution in [3.63, 3.8) is 0 Å². The van der Waals surface area contributed by atoms with Gasteiger partial charge in [-0.1, -0.05) is 25.1 Å². The fraction of sp³-hybridized carbons (Fsp3) is 0.294. The summed E-state index contributed by atoms with van der Waals surface area (Å²) in [5.41, 5.74) is 5.20. The fourth-order valence-corrected chi connectivity index (χ4v) is 2.78. The Morgan fingerprint density at radius 2 is 1.47 bits per heavy atom. The van der Waals surface area contributed by atoms with Crippen molar-refractivity contribution >= 4 is 0 Å². The molecule has 0 aliphatic carbocycles. The molecule has 2 aromatic carbocycles. The van der Waals surface area contributed by atoms with Gasteiger partial charge in [0.2, 0.25) is 0 Å². The maximum Gasteiger partial charge on any atom is 0.118 e. The molecule has 0 amide bonds. The molecule has 2 aromatic rings. The van der Waals surface area contributed by atoms with E-state index in [9.17, 15) is 10.2 Å². The van der Waals surface area contributed by atoms with E-state index in [4.69, 9.17) is 0 Å². The summed E-state index contributed by atoms with van der Waals surface area (Å²) >= 11 is 0. The summed E-state index contributed by atoms with van der Waals surface area (Å²) < 4.78 is 0. The van der Waals surface area contributed by atoms with Gasteiger partial charge in [-0.05, 0) is 60.7 Å². The zero-order valence-electron chi connectivity index (χ0n) is 11.9. The summed E-state index contributed by atoms with van der Waals surface area (Å²) in [6.07, 6.45) is 0. The number of hydrogen-bond acceptors (Lipinski definition) is 2. The first kappa shape index (κ1) is 13.5. The van der Waals surface area contributed by atoms with Crippen LogP contribution in [-0.4, -0.2) is 10.2 Å². The summed E-state index contributed by atoms with van der Waals surface area (Å²) in [4.78, 5) is 0. The van der Waals surface area contributed by atoms with E-state index in [0.717, 1.165) is 27.8 Å². The van der Waals surface area contributed by atoms with Gasteiger partial charge in [0.25, 0.3) is 0 Å². The average molecular weight is 256 g/mol. The first-order valence-electron chi connectivity index (χ1n) is 6.51. The predicted octanol–water partition coefficient (Wildman–Crippen LogP) is 4.17. The van der Waals surface area contributed by atoms with Gasteiger partial charge in [-0.25, -0.2) is 0 Å². The molecule has 2 rings (SSSR count). The number of phenols is 2. The maximum atomic E-state index is 9.89. The Balaban J connectivity index is 2.59. The van der Waals surface area contributed by atoms with Crippen LogP contribution in [0, 0.1) is 20.8 Å². The Labute approximate surface area is 114 Å². The second-order valence-electron chi connectivity index (χ2n) is 5.15. The molecule has 0 heterocycles. The summed E-state index contributed by atoms with van der Waals surface area (Å²) in [5.74, 6) is 0.782. The summed E-state index contributed by atoms with van der Waals surface area (Å²) in [6, 6.07) is 9.26. The zero-order chi connectivity index (χ0) is 14.2. The highest BCUT2D eigenvalue weighted by atomic mass is 16.3. The van der Waals surface area contributed by atoms with Gasteiger partial charge in [-0.3, -0.25) is 0 Å². The monoisotopic (exact) mass is 256 g/mol. The van der Waals surface area contributed by atoms with E-state index in [1.807, 2.05) is 32.0 Å². The molecule has 2 heteroatoms. The smallest absolute Gasteiger partial charge is 0.118 e. The third-order valence-electron chi connectivity index (χ3n) is 3.95. The predicted molar refractivity (Wildman–Crippen MR) is 77.9 cm³/mol. The molecule has 0 fully saturated rings. The topological polar surface area (TPSA) is 40.5 Å². The SMILES string of the molecule is Cc1ccc(O)c(C)c1C(C)c1cccc(O)c1C. The van der Waals surface area contributed by atoms with E-state index >= 15 is 0 Å². The van der Waals surface area contributed by atoms with E-state index in [-0.39, 0.29) is 5.92 Å². The van der Waals surface area contributed by atoms with Gasteiger partial charge in [0.15, 0.2) is 0 Å². The molecule has 0 aliphatic heterocycles. The molecule has 0 aromatic heterocycles. The molecule has 2 N–H and O–H groups in total. The molecule has 0 aliphatic rings. The number of aryl methyl sites for hydroxylation is 1. The van der Waals surface area contributed by atoms with Crippen molar-refractivity contribution in [1.82, 2.24) is 0 Å². The molecular weight excluding hydrogens is 236 g/mol. The molecule has 1 unspecified atom stereocenters. The fourth-order valence-electron chi connectivity index (χ4n) is 2.78. The van der Waals surface area contributed by atoms with Crippen LogP contribution in [0.25, 0.3) is 0 Å². The van der Waals surface area contributed by atoms with E-state index in [1.54, 1.807) is 12.1 Å². The molecule has 0 radical (unpaired) electrons. The molecule has 0 spiro atoms. The number of aromatic hydroxyl groups is 2. The second-order valence-corrected chi connectivity index (χ2v) is 5.15. The minimum absolute atomic E-state index is 0.138. The third kappa shape index (κ3) is 2.30. The van der Waals surface area contributed by atoms with Gasteiger partial charge >= 0.3 is 0 Å². The molecule has 0 saturated heterocycles. The van der Waals surface area contributed by atoms with Crippen LogP contribution >= 0.6 is 0 Å². The number of rotatable bonds is 2. The normalized spacial score (nSPS) is 12.4.